The van der Waals surface area contributed by atoms with Crippen molar-refractivity contribution < 1.29 is 9.59 Å². The first-order valence-corrected chi connectivity index (χ1v) is 8.15. The topological polar surface area (TPSA) is 87.8 Å². The lowest BCUT2D eigenvalue weighted by molar-refractivity contribution is -0.117. The molecular weight excluding hydrogens is 316 g/mol. The first kappa shape index (κ1) is 16.7. The standard InChI is InChI=1S/C19H20N4O2/c1-13(14-7-9-16(20)10-8-14)21-22-19(25)15-4-2-5-17(12-15)23-11-3-6-18(23)24/h2,4-5,7-10,12H,3,6,11,20H2,1H3,(H,22,25)/b21-13-. The fraction of sp³-hybridized carbons (Fsp3) is 0.211. The Balaban J connectivity index is 1.72. The van der Waals surface area contributed by atoms with E-state index in [1.807, 2.05) is 25.1 Å². The summed E-state index contributed by atoms with van der Waals surface area (Å²) in [5, 5.41) is 4.14. The molecule has 1 aliphatic heterocycles. The molecule has 6 nitrogen and oxygen atoms in total. The number of nitrogens with two attached hydrogens (primary N) is 1. The number of hydrogen-bond donors (Lipinski definition) is 2. The van der Waals surface area contributed by atoms with Gasteiger partial charge in [0.15, 0.2) is 0 Å². The Labute approximate surface area is 146 Å². The van der Waals surface area contributed by atoms with Crippen LogP contribution in [0.2, 0.25) is 0 Å². The van der Waals surface area contributed by atoms with Gasteiger partial charge < -0.3 is 10.6 Å². The van der Waals surface area contributed by atoms with Gasteiger partial charge in [0.25, 0.3) is 5.91 Å². The molecule has 2 amide bonds. The van der Waals surface area contributed by atoms with Crippen LogP contribution in [-0.4, -0.2) is 24.1 Å². The number of benzene rings is 2. The Morgan fingerprint density at radius 2 is 1.92 bits per heavy atom. The fourth-order valence-corrected chi connectivity index (χ4v) is 2.72. The zero-order chi connectivity index (χ0) is 17.8. The molecule has 3 N–H and O–H groups in total. The smallest absolute Gasteiger partial charge is 0.271 e. The van der Waals surface area contributed by atoms with Gasteiger partial charge in [-0.2, -0.15) is 5.10 Å². The van der Waals surface area contributed by atoms with Gasteiger partial charge in [-0.3, -0.25) is 9.59 Å². The minimum atomic E-state index is -0.316. The van der Waals surface area contributed by atoms with Gasteiger partial charge in [-0.25, -0.2) is 5.43 Å². The quantitative estimate of drug-likeness (QED) is 0.511. The summed E-state index contributed by atoms with van der Waals surface area (Å²) in [6.45, 7) is 2.50. The van der Waals surface area contributed by atoms with E-state index in [0.717, 1.165) is 17.7 Å². The number of rotatable bonds is 4. The van der Waals surface area contributed by atoms with Gasteiger partial charge in [0.2, 0.25) is 5.91 Å². The Hall–Kier alpha value is -3.15. The molecule has 1 aliphatic rings. The molecule has 0 bridgehead atoms. The Morgan fingerprint density at radius 3 is 2.60 bits per heavy atom. The molecule has 0 aromatic heterocycles. The molecule has 0 atom stereocenters. The highest BCUT2D eigenvalue weighted by molar-refractivity contribution is 6.02. The van der Waals surface area contributed by atoms with E-state index in [0.29, 0.717) is 29.9 Å². The van der Waals surface area contributed by atoms with Crippen molar-refractivity contribution in [3.8, 4) is 0 Å². The second-order valence-corrected chi connectivity index (χ2v) is 5.96. The van der Waals surface area contributed by atoms with E-state index >= 15 is 0 Å². The van der Waals surface area contributed by atoms with Crippen LogP contribution in [0.3, 0.4) is 0 Å². The van der Waals surface area contributed by atoms with E-state index in [1.165, 1.54) is 0 Å². The van der Waals surface area contributed by atoms with Crippen molar-refractivity contribution in [3.63, 3.8) is 0 Å². The van der Waals surface area contributed by atoms with Crippen molar-refractivity contribution in [3.05, 3.63) is 59.7 Å². The largest absolute Gasteiger partial charge is 0.399 e. The van der Waals surface area contributed by atoms with Crippen molar-refractivity contribution in [2.45, 2.75) is 19.8 Å². The molecule has 25 heavy (non-hydrogen) atoms. The third-order valence-corrected chi connectivity index (χ3v) is 4.15. The lowest BCUT2D eigenvalue weighted by Crippen LogP contribution is -2.24. The normalized spacial score (nSPS) is 14.7. The highest BCUT2D eigenvalue weighted by Crippen LogP contribution is 2.22. The zero-order valence-corrected chi connectivity index (χ0v) is 14.0. The average molecular weight is 336 g/mol. The van der Waals surface area contributed by atoms with Crippen LogP contribution in [0.5, 0.6) is 0 Å². The summed E-state index contributed by atoms with van der Waals surface area (Å²) in [6.07, 6.45) is 1.40. The van der Waals surface area contributed by atoms with E-state index < -0.39 is 0 Å². The lowest BCUT2D eigenvalue weighted by Gasteiger charge is -2.16. The molecule has 6 heteroatoms. The van der Waals surface area contributed by atoms with Gasteiger partial charge in [-0.05, 0) is 49.2 Å². The van der Waals surface area contributed by atoms with Crippen molar-refractivity contribution >= 4 is 28.9 Å². The molecule has 0 spiro atoms. The molecule has 0 aliphatic carbocycles. The van der Waals surface area contributed by atoms with Gasteiger partial charge >= 0.3 is 0 Å². The number of carbonyl (C=O) groups excluding carboxylic acids is 2. The van der Waals surface area contributed by atoms with E-state index in [-0.39, 0.29) is 11.8 Å². The van der Waals surface area contributed by atoms with Crippen LogP contribution >= 0.6 is 0 Å². The summed E-state index contributed by atoms with van der Waals surface area (Å²) >= 11 is 0. The second-order valence-electron chi connectivity index (χ2n) is 5.96. The van der Waals surface area contributed by atoms with Gasteiger partial charge in [0.05, 0.1) is 5.71 Å². The van der Waals surface area contributed by atoms with E-state index in [2.05, 4.69) is 10.5 Å². The molecule has 128 valence electrons. The van der Waals surface area contributed by atoms with Crippen LogP contribution in [-0.2, 0) is 4.79 Å². The molecule has 1 heterocycles. The number of nitrogen functional groups attached to an aromatic ring is 1. The maximum Gasteiger partial charge on any atom is 0.271 e. The van der Waals surface area contributed by atoms with Crippen molar-refractivity contribution in [2.75, 3.05) is 17.2 Å². The highest BCUT2D eigenvalue weighted by Gasteiger charge is 2.22. The second kappa shape index (κ2) is 7.17. The molecule has 1 fully saturated rings. The molecule has 2 aromatic carbocycles. The predicted octanol–water partition coefficient (Wildman–Crippen LogP) is 2.55. The number of nitrogens with one attached hydrogen (secondary N) is 1. The summed E-state index contributed by atoms with van der Waals surface area (Å²) in [4.78, 5) is 25.9. The number of hydrogen-bond acceptors (Lipinski definition) is 4. The van der Waals surface area contributed by atoms with Crippen LogP contribution in [0.25, 0.3) is 0 Å². The number of nitrogens with zero attached hydrogens (tertiary/aromatic N) is 2. The maximum absolute atomic E-state index is 12.3. The van der Waals surface area contributed by atoms with Crippen LogP contribution in [0, 0.1) is 0 Å². The average Bonchev–Trinajstić information content (AvgIpc) is 3.06. The van der Waals surface area contributed by atoms with Crippen molar-refractivity contribution in [2.24, 2.45) is 5.10 Å². The van der Waals surface area contributed by atoms with Gasteiger partial charge in [-0.1, -0.05) is 18.2 Å². The van der Waals surface area contributed by atoms with Crippen LogP contribution in [0.1, 0.15) is 35.7 Å². The lowest BCUT2D eigenvalue weighted by atomic mass is 10.1. The van der Waals surface area contributed by atoms with E-state index in [4.69, 9.17) is 5.73 Å². The van der Waals surface area contributed by atoms with Crippen molar-refractivity contribution in [1.29, 1.82) is 0 Å². The summed E-state index contributed by atoms with van der Waals surface area (Å²) < 4.78 is 0. The van der Waals surface area contributed by atoms with E-state index in [9.17, 15) is 9.59 Å². The summed E-state index contributed by atoms with van der Waals surface area (Å²) in [7, 11) is 0. The number of anilines is 2. The van der Waals surface area contributed by atoms with Crippen LogP contribution in [0.4, 0.5) is 11.4 Å². The van der Waals surface area contributed by atoms with Crippen molar-refractivity contribution in [1.82, 2.24) is 5.43 Å². The number of hydrazone groups is 1. The van der Waals surface area contributed by atoms with Gasteiger partial charge in [0, 0.05) is 29.9 Å². The molecule has 0 radical (unpaired) electrons. The summed E-state index contributed by atoms with van der Waals surface area (Å²) in [5.41, 5.74) is 11.7. The first-order valence-electron chi connectivity index (χ1n) is 8.15. The molecule has 3 rings (SSSR count). The Bertz CT molecular complexity index is 828. The minimum Gasteiger partial charge on any atom is -0.399 e. The molecular formula is C19H20N4O2. The maximum atomic E-state index is 12.3. The summed E-state index contributed by atoms with van der Waals surface area (Å²) in [6, 6.07) is 14.3. The SMILES string of the molecule is C/C(=N/NC(=O)c1cccc(N2CCCC2=O)c1)c1ccc(N)cc1. The van der Waals surface area contributed by atoms with Crippen LogP contribution < -0.4 is 16.1 Å². The monoisotopic (exact) mass is 336 g/mol. The molecule has 1 saturated heterocycles. The molecule has 0 saturated carbocycles. The zero-order valence-electron chi connectivity index (χ0n) is 14.0. The predicted molar refractivity (Wildman–Crippen MR) is 98.6 cm³/mol. The highest BCUT2D eigenvalue weighted by atomic mass is 16.2. The Kier molecular flexibility index (Phi) is 4.79. The third-order valence-electron chi connectivity index (χ3n) is 4.15. The van der Waals surface area contributed by atoms with Gasteiger partial charge in [0.1, 0.15) is 0 Å². The van der Waals surface area contributed by atoms with E-state index in [1.54, 1.807) is 35.2 Å². The fourth-order valence-electron chi connectivity index (χ4n) is 2.72. The first-order chi connectivity index (χ1) is 12.0. The molecule has 2 aromatic rings. The third kappa shape index (κ3) is 3.85. The minimum absolute atomic E-state index is 0.0924. The Morgan fingerprint density at radius 1 is 1.16 bits per heavy atom. The van der Waals surface area contributed by atoms with Gasteiger partial charge in [-0.15, -0.1) is 0 Å². The summed E-state index contributed by atoms with van der Waals surface area (Å²) in [5.74, 6) is -0.224. The van der Waals surface area contributed by atoms with Crippen LogP contribution in [0.15, 0.2) is 53.6 Å². The number of carbonyl (C=O) groups is 2. The molecule has 0 unspecified atom stereocenters. The number of amides is 2.